The van der Waals surface area contributed by atoms with Gasteiger partial charge in [-0.25, -0.2) is 4.98 Å². The number of hydrogen-bond acceptors (Lipinski definition) is 5. The van der Waals surface area contributed by atoms with Gasteiger partial charge in [0.15, 0.2) is 5.13 Å². The molecule has 0 aromatic carbocycles. The molecule has 1 aliphatic heterocycles. The van der Waals surface area contributed by atoms with Gasteiger partial charge in [-0.3, -0.25) is 4.79 Å². The minimum atomic E-state index is -3.40. The molecule has 9 heteroatoms. The Morgan fingerprint density at radius 1 is 1.50 bits per heavy atom. The topological polar surface area (TPSA) is 82.6 Å². The summed E-state index contributed by atoms with van der Waals surface area (Å²) < 4.78 is 26.8. The van der Waals surface area contributed by atoms with Crippen LogP contribution in [-0.2, 0) is 28.0 Å². The van der Waals surface area contributed by atoms with E-state index in [9.17, 15) is 13.2 Å². The van der Waals surface area contributed by atoms with Crippen molar-refractivity contribution in [1.29, 1.82) is 0 Å². The summed E-state index contributed by atoms with van der Waals surface area (Å²) in [6, 6.07) is 0. The third-order valence-corrected chi connectivity index (χ3v) is 5.94. The van der Waals surface area contributed by atoms with Gasteiger partial charge >= 0.3 is 0 Å². The lowest BCUT2D eigenvalue weighted by molar-refractivity contribution is -0.115. The predicted octanol–water partition coefficient (Wildman–Crippen LogP) is 0.656. The number of nitrogens with zero attached hydrogens (tertiary/aromatic N) is 3. The van der Waals surface area contributed by atoms with Crippen LogP contribution < -0.4 is 5.32 Å². The van der Waals surface area contributed by atoms with Crippen LogP contribution in [0.5, 0.6) is 0 Å². The van der Waals surface area contributed by atoms with Gasteiger partial charge in [-0.1, -0.05) is 6.92 Å². The molecule has 1 aromatic rings. The molecule has 0 aliphatic carbocycles. The van der Waals surface area contributed by atoms with Crippen molar-refractivity contribution in [2.24, 2.45) is 0 Å². The molecular weight excluding hydrogens is 300 g/mol. The molecule has 2 rings (SSSR count). The number of fused-ring (bicyclic) bond motifs is 1. The minimum Gasteiger partial charge on any atom is -0.302 e. The maximum atomic E-state index is 12.1. The summed E-state index contributed by atoms with van der Waals surface area (Å²) in [6.45, 7) is 2.50. The largest absolute Gasteiger partial charge is 0.302 e. The van der Waals surface area contributed by atoms with E-state index >= 15 is 0 Å². The van der Waals surface area contributed by atoms with E-state index in [-0.39, 0.29) is 5.91 Å². The second-order valence-corrected chi connectivity index (χ2v) is 7.89. The van der Waals surface area contributed by atoms with Crippen LogP contribution in [0, 0.1) is 0 Å². The van der Waals surface area contributed by atoms with Crippen molar-refractivity contribution in [1.82, 2.24) is 13.6 Å². The van der Waals surface area contributed by atoms with Crippen LogP contribution in [0.1, 0.15) is 23.9 Å². The van der Waals surface area contributed by atoms with Crippen molar-refractivity contribution in [2.75, 3.05) is 26.0 Å². The predicted molar refractivity (Wildman–Crippen MR) is 77.8 cm³/mol. The number of amides is 1. The van der Waals surface area contributed by atoms with Crippen LogP contribution in [-0.4, -0.2) is 48.6 Å². The molecule has 0 radical (unpaired) electrons. The quantitative estimate of drug-likeness (QED) is 0.884. The number of rotatable bonds is 4. The smallest absolute Gasteiger partial charge is 0.281 e. The Kier molecular flexibility index (Phi) is 4.43. The molecule has 1 amide bonds. The van der Waals surface area contributed by atoms with Crippen LogP contribution >= 0.6 is 11.3 Å². The first kappa shape index (κ1) is 15.4. The summed E-state index contributed by atoms with van der Waals surface area (Å²) >= 11 is 1.34. The van der Waals surface area contributed by atoms with Gasteiger partial charge < -0.3 is 5.32 Å². The van der Waals surface area contributed by atoms with Crippen molar-refractivity contribution >= 4 is 32.6 Å². The normalized spacial score (nSPS) is 16.2. The number of thiazole rings is 1. The number of aromatic nitrogens is 1. The van der Waals surface area contributed by atoms with Crippen LogP contribution in [0.3, 0.4) is 0 Å². The summed E-state index contributed by atoms with van der Waals surface area (Å²) in [5, 5.41) is 3.26. The number of nitrogens with one attached hydrogen (secondary N) is 1. The highest BCUT2D eigenvalue weighted by Crippen LogP contribution is 2.29. The molecule has 7 nitrogen and oxygen atoms in total. The van der Waals surface area contributed by atoms with Crippen LogP contribution in [0.4, 0.5) is 5.13 Å². The number of carbonyl (C=O) groups excluding carboxylic acids is 1. The molecule has 0 atom stereocenters. The standard InChI is InChI=1S/C11H18N4O3S2/c1-4-10(16)13-11-12-8-5-6-15(7-9(8)19-11)20(17,18)14(2)3/h4-7H2,1-3H3,(H,12,13,16). The van der Waals surface area contributed by atoms with E-state index in [0.717, 1.165) is 10.6 Å². The first-order valence-electron chi connectivity index (χ1n) is 6.30. The van der Waals surface area contributed by atoms with E-state index < -0.39 is 10.2 Å². The summed E-state index contributed by atoms with van der Waals surface area (Å²) in [6.07, 6.45) is 0.965. The van der Waals surface area contributed by atoms with Crippen molar-refractivity contribution in [3.05, 3.63) is 10.6 Å². The third-order valence-electron chi connectivity index (χ3n) is 3.05. The zero-order valence-electron chi connectivity index (χ0n) is 11.7. The molecule has 0 unspecified atom stereocenters. The molecule has 0 saturated heterocycles. The van der Waals surface area contributed by atoms with E-state index in [1.807, 2.05) is 0 Å². The average Bonchev–Trinajstić information content (AvgIpc) is 2.79. The SMILES string of the molecule is CCC(=O)Nc1nc2c(s1)CN(S(=O)(=O)N(C)C)CC2. The summed E-state index contributed by atoms with van der Waals surface area (Å²) in [7, 11) is -0.366. The lowest BCUT2D eigenvalue weighted by Gasteiger charge is -2.27. The van der Waals surface area contributed by atoms with Gasteiger partial charge in [0.25, 0.3) is 10.2 Å². The highest BCUT2D eigenvalue weighted by molar-refractivity contribution is 7.86. The lowest BCUT2D eigenvalue weighted by Crippen LogP contribution is -2.42. The lowest BCUT2D eigenvalue weighted by atomic mass is 10.2. The molecule has 20 heavy (non-hydrogen) atoms. The van der Waals surface area contributed by atoms with Crippen LogP contribution in [0.2, 0.25) is 0 Å². The van der Waals surface area contributed by atoms with Gasteiger partial charge in [-0.15, -0.1) is 11.3 Å². The van der Waals surface area contributed by atoms with Gasteiger partial charge in [-0.2, -0.15) is 17.0 Å². The van der Waals surface area contributed by atoms with Crippen molar-refractivity contribution < 1.29 is 13.2 Å². The average molecular weight is 318 g/mol. The van der Waals surface area contributed by atoms with Crippen molar-refractivity contribution in [2.45, 2.75) is 26.3 Å². The maximum Gasteiger partial charge on any atom is 0.281 e. The molecular formula is C11H18N4O3S2. The highest BCUT2D eigenvalue weighted by Gasteiger charge is 2.30. The zero-order chi connectivity index (χ0) is 14.9. The fourth-order valence-corrected chi connectivity index (χ4v) is 4.06. The van der Waals surface area contributed by atoms with E-state index in [1.54, 1.807) is 6.92 Å². The van der Waals surface area contributed by atoms with Gasteiger partial charge in [0.1, 0.15) is 0 Å². The Morgan fingerprint density at radius 2 is 2.20 bits per heavy atom. The second kappa shape index (κ2) is 5.76. The molecule has 112 valence electrons. The Morgan fingerprint density at radius 3 is 2.80 bits per heavy atom. The highest BCUT2D eigenvalue weighted by atomic mass is 32.2. The fraction of sp³-hybridized carbons (Fsp3) is 0.636. The van der Waals surface area contributed by atoms with E-state index in [1.165, 1.54) is 34.0 Å². The van der Waals surface area contributed by atoms with Crippen molar-refractivity contribution in [3.8, 4) is 0 Å². The fourth-order valence-electron chi connectivity index (χ4n) is 1.86. The van der Waals surface area contributed by atoms with Gasteiger partial charge in [-0.05, 0) is 0 Å². The number of carbonyl (C=O) groups is 1. The molecule has 0 bridgehead atoms. The molecule has 0 saturated carbocycles. The van der Waals surface area contributed by atoms with E-state index in [4.69, 9.17) is 0 Å². The Bertz CT molecular complexity index is 609. The van der Waals surface area contributed by atoms with Crippen molar-refractivity contribution in [3.63, 3.8) is 0 Å². The number of hydrogen-bond donors (Lipinski definition) is 1. The molecule has 1 N–H and O–H groups in total. The van der Waals surface area contributed by atoms with E-state index in [0.29, 0.717) is 31.1 Å². The van der Waals surface area contributed by atoms with E-state index in [2.05, 4.69) is 10.3 Å². The summed E-state index contributed by atoms with van der Waals surface area (Å²) in [5.74, 6) is -0.0890. The summed E-state index contributed by atoms with van der Waals surface area (Å²) in [5.41, 5.74) is 0.881. The maximum absolute atomic E-state index is 12.1. The molecule has 1 aromatic heterocycles. The van der Waals surface area contributed by atoms with Gasteiger partial charge in [0.2, 0.25) is 5.91 Å². The third kappa shape index (κ3) is 3.00. The van der Waals surface area contributed by atoms with Crippen LogP contribution in [0.15, 0.2) is 0 Å². The Balaban J connectivity index is 2.17. The van der Waals surface area contributed by atoms with Gasteiger partial charge in [0.05, 0.1) is 12.2 Å². The minimum absolute atomic E-state index is 0.0890. The molecule has 2 heterocycles. The summed E-state index contributed by atoms with van der Waals surface area (Å²) in [4.78, 5) is 16.6. The number of anilines is 1. The first-order chi connectivity index (χ1) is 9.34. The van der Waals surface area contributed by atoms with Crippen LogP contribution in [0.25, 0.3) is 0 Å². The molecule has 1 aliphatic rings. The van der Waals surface area contributed by atoms with Gasteiger partial charge in [0, 0.05) is 38.4 Å². The second-order valence-electron chi connectivity index (χ2n) is 4.66. The Labute approximate surface area is 122 Å². The molecule has 0 fully saturated rings. The molecule has 0 spiro atoms. The zero-order valence-corrected chi connectivity index (χ0v) is 13.3. The first-order valence-corrected chi connectivity index (χ1v) is 8.52. The Hall–Kier alpha value is -1.03. The monoisotopic (exact) mass is 318 g/mol.